The largest absolute Gasteiger partial charge is 0.478 e. The Hall–Kier alpha value is -0.0400. The number of allylic oxidation sites excluding steroid dienone is 1. The fourth-order valence-electron chi connectivity index (χ4n) is 3.10. The molecule has 0 bridgehead atoms. The maximum absolute atomic E-state index is 9.63. The van der Waals surface area contributed by atoms with Crippen molar-refractivity contribution in [3.8, 4) is 0 Å². The minimum atomic E-state index is -5.05. The number of aliphatic hydroxyl groups excluding tert-OH is 1. The first-order valence-electron chi connectivity index (χ1n) is 10.7. The molecule has 2 atom stereocenters. The molecule has 0 rings (SSSR count). The summed E-state index contributed by atoms with van der Waals surface area (Å²) >= 11 is 0. The van der Waals surface area contributed by atoms with E-state index in [1.807, 2.05) is 6.08 Å². The van der Waals surface area contributed by atoms with Crippen molar-refractivity contribution in [3.05, 3.63) is 11.6 Å². The summed E-state index contributed by atoms with van der Waals surface area (Å²) in [7, 11) is -10.1. The van der Waals surface area contributed by atoms with Gasteiger partial charge in [-0.05, 0) is 37.5 Å². The van der Waals surface area contributed by atoms with Crippen molar-refractivity contribution < 1.29 is 38.1 Å². The van der Waals surface area contributed by atoms with Crippen LogP contribution in [0.15, 0.2) is 11.6 Å². The Balaban J connectivity index is 0. The maximum Gasteiger partial charge on any atom is 0.478 e. The lowest BCUT2D eigenvalue weighted by Crippen LogP contribution is -2.00. The molecule has 0 amide bonds. The highest BCUT2D eigenvalue weighted by Gasteiger charge is 2.27. The summed E-state index contributed by atoms with van der Waals surface area (Å²) in [5, 5.41) is 8.83. The van der Waals surface area contributed by atoms with E-state index in [4.69, 9.17) is 24.7 Å². The van der Waals surface area contributed by atoms with Gasteiger partial charge in [0.15, 0.2) is 0 Å². The number of phosphoric acid groups is 2. The van der Waals surface area contributed by atoms with Gasteiger partial charge in [-0.1, -0.05) is 84.3 Å². The zero-order chi connectivity index (χ0) is 23.8. The van der Waals surface area contributed by atoms with Gasteiger partial charge < -0.3 is 24.7 Å². The van der Waals surface area contributed by atoms with Crippen LogP contribution >= 0.6 is 15.6 Å². The van der Waals surface area contributed by atoms with E-state index in [-0.39, 0.29) is 6.61 Å². The fraction of sp³-hybridized carbons (Fsp3) is 0.900. The van der Waals surface area contributed by atoms with Gasteiger partial charge in [-0.25, -0.2) is 9.13 Å². The molecule has 0 aliphatic carbocycles. The van der Waals surface area contributed by atoms with Crippen molar-refractivity contribution in [1.29, 1.82) is 0 Å². The van der Waals surface area contributed by atoms with E-state index in [0.29, 0.717) is 0 Å². The summed E-state index contributed by atoms with van der Waals surface area (Å²) in [5.74, 6) is 2.63. The second-order valence-corrected chi connectivity index (χ2v) is 11.3. The topological polar surface area (TPSA) is 145 Å². The van der Waals surface area contributed by atoms with Gasteiger partial charge in [-0.15, -0.1) is 0 Å². The molecule has 0 aromatic rings. The summed E-state index contributed by atoms with van der Waals surface area (Å²) in [6.07, 6.45) is 14.1. The van der Waals surface area contributed by atoms with Crippen LogP contribution in [-0.2, 0) is 13.4 Å². The number of aliphatic hydroxyl groups is 1. The maximum atomic E-state index is 9.63. The van der Waals surface area contributed by atoms with Crippen molar-refractivity contribution in [3.63, 3.8) is 0 Å². The number of hydrogen-bond acceptors (Lipinski definition) is 4. The highest BCUT2D eigenvalue weighted by molar-refractivity contribution is 7.60. The summed E-state index contributed by atoms with van der Waals surface area (Å²) in [4.78, 5) is 31.0. The minimum absolute atomic E-state index is 0.191. The molecule has 5 N–H and O–H groups in total. The van der Waals surface area contributed by atoms with Crippen LogP contribution in [0.25, 0.3) is 0 Å². The molecule has 0 spiro atoms. The van der Waals surface area contributed by atoms with Crippen LogP contribution in [0.4, 0.5) is 0 Å². The predicted molar refractivity (Wildman–Crippen MR) is 121 cm³/mol. The summed E-state index contributed by atoms with van der Waals surface area (Å²) in [6.45, 7) is 11.8. The monoisotopic (exact) mass is 474 g/mol. The van der Waals surface area contributed by atoms with E-state index in [0.717, 1.165) is 24.2 Å². The van der Waals surface area contributed by atoms with E-state index >= 15 is 0 Å². The minimum Gasteiger partial charge on any atom is -0.392 e. The molecule has 0 radical (unpaired) electrons. The first-order valence-corrected chi connectivity index (χ1v) is 13.8. The summed E-state index contributed by atoms with van der Waals surface area (Å²) < 4.78 is 22.2. The molecular formula is C20H44O8P2. The lowest BCUT2D eigenvalue weighted by molar-refractivity contribution is 0.225. The second kappa shape index (κ2) is 17.5. The third-order valence-electron chi connectivity index (χ3n) is 4.79. The van der Waals surface area contributed by atoms with Gasteiger partial charge >= 0.3 is 15.6 Å². The Morgan fingerprint density at radius 2 is 1.20 bits per heavy atom. The summed E-state index contributed by atoms with van der Waals surface area (Å²) in [6, 6.07) is 0. The molecule has 8 nitrogen and oxygen atoms in total. The SMILES string of the molecule is C/C(=C\CO)CCC[C@H](C)CCC[C@H](C)CCCC(C)C.O=P(O)(O)OP(=O)(O)O. The van der Waals surface area contributed by atoms with Gasteiger partial charge in [0, 0.05) is 0 Å². The van der Waals surface area contributed by atoms with Crippen molar-refractivity contribution in [2.24, 2.45) is 17.8 Å². The van der Waals surface area contributed by atoms with Crippen molar-refractivity contribution in [1.82, 2.24) is 0 Å². The third-order valence-corrected chi connectivity index (χ3v) is 6.49. The smallest absolute Gasteiger partial charge is 0.392 e. The molecule has 10 heteroatoms. The lowest BCUT2D eigenvalue weighted by atomic mass is 9.91. The van der Waals surface area contributed by atoms with Crippen LogP contribution in [0.1, 0.15) is 92.4 Å². The Labute approximate surface area is 182 Å². The van der Waals surface area contributed by atoms with E-state index in [1.54, 1.807) is 0 Å². The van der Waals surface area contributed by atoms with Gasteiger partial charge in [0.25, 0.3) is 0 Å². The van der Waals surface area contributed by atoms with Crippen LogP contribution in [0.5, 0.6) is 0 Å². The Morgan fingerprint density at radius 1 is 0.800 bits per heavy atom. The van der Waals surface area contributed by atoms with Gasteiger partial charge in [-0.3, -0.25) is 0 Å². The first-order chi connectivity index (χ1) is 13.7. The number of hydrogen-bond donors (Lipinski definition) is 5. The first kappa shape index (κ1) is 32.1. The van der Waals surface area contributed by atoms with Crippen molar-refractivity contribution in [2.45, 2.75) is 92.4 Å². The predicted octanol–water partition coefficient (Wildman–Crippen LogP) is 5.55. The number of rotatable bonds is 15. The van der Waals surface area contributed by atoms with Crippen LogP contribution in [0.2, 0.25) is 0 Å². The third kappa shape index (κ3) is 28.0. The van der Waals surface area contributed by atoms with Crippen LogP contribution in [0.3, 0.4) is 0 Å². The molecule has 0 saturated carbocycles. The zero-order valence-electron chi connectivity index (χ0n) is 19.2. The van der Waals surface area contributed by atoms with Gasteiger partial charge in [-0.2, -0.15) is 4.31 Å². The normalized spacial score (nSPS) is 15.0. The van der Waals surface area contributed by atoms with Gasteiger partial charge in [0.05, 0.1) is 6.61 Å². The van der Waals surface area contributed by atoms with E-state index in [2.05, 4.69) is 38.9 Å². The average Bonchev–Trinajstić information content (AvgIpc) is 2.51. The van der Waals surface area contributed by atoms with Crippen LogP contribution < -0.4 is 0 Å². The second-order valence-electron chi connectivity index (χ2n) is 8.65. The standard InChI is InChI=1S/C20H40O.H4O7P2/c1-17(2)9-6-10-18(3)11-7-12-19(4)13-8-14-20(5)15-16-21;1-8(2,3)7-9(4,5)6/h15,17-19,21H,6-14,16H2,1-5H3;(H2,1,2,3)(H2,4,5,6)/b20-15+;/t18-,19-;/m1./s1. The van der Waals surface area contributed by atoms with Crippen LogP contribution in [-0.4, -0.2) is 31.3 Å². The molecule has 0 aliphatic rings. The molecule has 0 unspecified atom stereocenters. The zero-order valence-corrected chi connectivity index (χ0v) is 21.0. The molecule has 30 heavy (non-hydrogen) atoms. The molecule has 182 valence electrons. The van der Waals surface area contributed by atoms with E-state index in [1.165, 1.54) is 56.9 Å². The molecule has 0 fully saturated rings. The van der Waals surface area contributed by atoms with E-state index < -0.39 is 15.6 Å². The van der Waals surface area contributed by atoms with Crippen molar-refractivity contribution in [2.75, 3.05) is 6.61 Å². The van der Waals surface area contributed by atoms with Gasteiger partial charge in [0.2, 0.25) is 0 Å². The Bertz CT molecular complexity index is 519. The Morgan fingerprint density at radius 3 is 1.53 bits per heavy atom. The molecule has 0 saturated heterocycles. The molecule has 0 heterocycles. The average molecular weight is 475 g/mol. The highest BCUT2D eigenvalue weighted by atomic mass is 31.3. The Kier molecular flexibility index (Phi) is 18.8. The quantitative estimate of drug-likeness (QED) is 0.153. The van der Waals surface area contributed by atoms with Crippen LogP contribution in [0, 0.1) is 17.8 Å². The summed E-state index contributed by atoms with van der Waals surface area (Å²) in [5.41, 5.74) is 1.34. The lowest BCUT2D eigenvalue weighted by Gasteiger charge is -2.15. The fourth-order valence-corrected chi connectivity index (χ4v) is 4.21. The molecule has 0 aromatic heterocycles. The molecule has 0 aromatic carbocycles. The van der Waals surface area contributed by atoms with Crippen molar-refractivity contribution >= 4 is 15.6 Å². The highest BCUT2D eigenvalue weighted by Crippen LogP contribution is 2.53. The van der Waals surface area contributed by atoms with E-state index in [9.17, 15) is 9.13 Å². The molecule has 0 aliphatic heterocycles. The molecular weight excluding hydrogens is 430 g/mol. The van der Waals surface area contributed by atoms with Gasteiger partial charge in [0.1, 0.15) is 0 Å².